The van der Waals surface area contributed by atoms with Gasteiger partial charge in [-0.05, 0) is 46.4 Å². The molecule has 16 heavy (non-hydrogen) atoms. The van der Waals surface area contributed by atoms with Crippen LogP contribution in [0.1, 0.15) is 26.7 Å². The van der Waals surface area contributed by atoms with Gasteiger partial charge in [0.1, 0.15) is 0 Å². The van der Waals surface area contributed by atoms with Crippen LogP contribution in [0.15, 0.2) is 0 Å². The summed E-state index contributed by atoms with van der Waals surface area (Å²) in [6, 6.07) is 1.60. The second-order valence-electron chi connectivity index (χ2n) is 5.51. The maximum Gasteiger partial charge on any atom is 0.0198 e. The van der Waals surface area contributed by atoms with Crippen molar-refractivity contribution in [3.05, 3.63) is 0 Å². The second kappa shape index (κ2) is 5.48. The van der Waals surface area contributed by atoms with Gasteiger partial charge in [0.2, 0.25) is 0 Å². The van der Waals surface area contributed by atoms with E-state index in [0.717, 1.165) is 12.1 Å². The first-order valence-corrected chi connectivity index (χ1v) is 6.87. The summed E-state index contributed by atoms with van der Waals surface area (Å²) in [7, 11) is 2.24. The number of likely N-dealkylation sites (N-methyl/N-ethyl adjacent to an activating group) is 1. The normalized spacial score (nSPS) is 32.1. The van der Waals surface area contributed by atoms with Gasteiger partial charge < -0.3 is 9.80 Å². The van der Waals surface area contributed by atoms with Gasteiger partial charge in [-0.1, -0.05) is 6.92 Å². The van der Waals surface area contributed by atoms with Crippen molar-refractivity contribution in [1.29, 1.82) is 0 Å². The molecule has 2 heterocycles. The number of hydrogen-bond donors (Lipinski definition) is 0. The Bertz CT molecular complexity index is 211. The molecule has 94 valence electrons. The minimum Gasteiger partial charge on any atom is -0.304 e. The zero-order valence-electron chi connectivity index (χ0n) is 11.2. The molecule has 2 rings (SSSR count). The van der Waals surface area contributed by atoms with Crippen molar-refractivity contribution in [1.82, 2.24) is 14.7 Å². The lowest BCUT2D eigenvalue weighted by Gasteiger charge is -2.45. The molecular formula is C13H27N3. The van der Waals surface area contributed by atoms with Gasteiger partial charge in [0, 0.05) is 31.7 Å². The Balaban J connectivity index is 1.84. The molecule has 0 bridgehead atoms. The van der Waals surface area contributed by atoms with Crippen LogP contribution in [0.5, 0.6) is 0 Å². The highest BCUT2D eigenvalue weighted by molar-refractivity contribution is 4.86. The second-order valence-corrected chi connectivity index (χ2v) is 5.51. The molecule has 0 aliphatic carbocycles. The Labute approximate surface area is 100 Å². The van der Waals surface area contributed by atoms with E-state index >= 15 is 0 Å². The molecule has 3 heteroatoms. The number of rotatable bonds is 2. The van der Waals surface area contributed by atoms with E-state index in [9.17, 15) is 0 Å². The highest BCUT2D eigenvalue weighted by Gasteiger charge is 2.30. The molecule has 3 nitrogen and oxygen atoms in total. The van der Waals surface area contributed by atoms with Crippen LogP contribution in [0.3, 0.4) is 0 Å². The van der Waals surface area contributed by atoms with E-state index in [1.54, 1.807) is 0 Å². The highest BCUT2D eigenvalue weighted by atomic mass is 15.3. The SMILES string of the molecule is CCN1CCC(N2CCN(C)CC2C)CC1. The third-order valence-electron chi connectivity index (χ3n) is 4.36. The topological polar surface area (TPSA) is 9.72 Å². The molecule has 2 fully saturated rings. The van der Waals surface area contributed by atoms with Gasteiger partial charge in [-0.25, -0.2) is 0 Å². The Morgan fingerprint density at radius 2 is 1.75 bits per heavy atom. The van der Waals surface area contributed by atoms with E-state index in [4.69, 9.17) is 0 Å². The number of hydrogen-bond acceptors (Lipinski definition) is 3. The third kappa shape index (κ3) is 2.76. The summed E-state index contributed by atoms with van der Waals surface area (Å²) in [6.07, 6.45) is 2.75. The van der Waals surface area contributed by atoms with Crippen molar-refractivity contribution >= 4 is 0 Å². The maximum atomic E-state index is 2.76. The van der Waals surface area contributed by atoms with Crippen molar-refractivity contribution in [2.75, 3.05) is 46.3 Å². The maximum absolute atomic E-state index is 2.76. The van der Waals surface area contributed by atoms with Crippen LogP contribution in [0.2, 0.25) is 0 Å². The molecule has 1 atom stereocenters. The van der Waals surface area contributed by atoms with E-state index in [-0.39, 0.29) is 0 Å². The van der Waals surface area contributed by atoms with Gasteiger partial charge in [-0.2, -0.15) is 0 Å². The third-order valence-corrected chi connectivity index (χ3v) is 4.36. The molecule has 2 aliphatic rings. The summed E-state index contributed by atoms with van der Waals surface area (Å²) in [5.41, 5.74) is 0. The predicted octanol–water partition coefficient (Wildman–Crippen LogP) is 1.11. The quantitative estimate of drug-likeness (QED) is 0.697. The van der Waals surface area contributed by atoms with Crippen LogP contribution >= 0.6 is 0 Å². The molecule has 0 aromatic heterocycles. The molecule has 0 aromatic rings. The zero-order chi connectivity index (χ0) is 11.5. The average molecular weight is 225 g/mol. The molecular weight excluding hydrogens is 198 g/mol. The zero-order valence-corrected chi connectivity index (χ0v) is 11.2. The van der Waals surface area contributed by atoms with Crippen LogP contribution < -0.4 is 0 Å². The van der Waals surface area contributed by atoms with Gasteiger partial charge in [0.25, 0.3) is 0 Å². The molecule has 0 spiro atoms. The van der Waals surface area contributed by atoms with Crippen LogP contribution in [-0.2, 0) is 0 Å². The molecule has 0 aromatic carbocycles. The summed E-state index contributed by atoms with van der Waals surface area (Å²) in [5.74, 6) is 0. The van der Waals surface area contributed by atoms with Crippen molar-refractivity contribution in [3.8, 4) is 0 Å². The number of piperidine rings is 1. The Morgan fingerprint density at radius 1 is 1.06 bits per heavy atom. The minimum absolute atomic E-state index is 0.747. The first-order chi connectivity index (χ1) is 7.70. The van der Waals surface area contributed by atoms with Gasteiger partial charge in [0.15, 0.2) is 0 Å². The fourth-order valence-corrected chi connectivity index (χ4v) is 3.26. The Hall–Kier alpha value is -0.120. The largest absolute Gasteiger partial charge is 0.304 e. The van der Waals surface area contributed by atoms with E-state index in [2.05, 4.69) is 35.6 Å². The monoisotopic (exact) mass is 225 g/mol. The lowest BCUT2D eigenvalue weighted by molar-refractivity contribution is 0.0312. The van der Waals surface area contributed by atoms with Crippen LogP contribution in [0.25, 0.3) is 0 Å². The summed E-state index contributed by atoms with van der Waals surface area (Å²) < 4.78 is 0. The lowest BCUT2D eigenvalue weighted by Crippen LogP contribution is -2.56. The standard InChI is InChI=1S/C13H27N3/c1-4-15-7-5-13(6-8-15)16-10-9-14(3)11-12(16)2/h12-13H,4-11H2,1-3H3. The van der Waals surface area contributed by atoms with Gasteiger partial charge >= 0.3 is 0 Å². The molecule has 0 N–H and O–H groups in total. The first kappa shape index (κ1) is 12.3. The van der Waals surface area contributed by atoms with Crippen molar-refractivity contribution < 1.29 is 0 Å². The van der Waals surface area contributed by atoms with Gasteiger partial charge in [-0.3, -0.25) is 4.90 Å². The predicted molar refractivity (Wildman–Crippen MR) is 68.8 cm³/mol. The molecule has 0 radical (unpaired) electrons. The smallest absolute Gasteiger partial charge is 0.0198 e. The number of piperazine rings is 1. The van der Waals surface area contributed by atoms with Gasteiger partial charge in [-0.15, -0.1) is 0 Å². The van der Waals surface area contributed by atoms with E-state index < -0.39 is 0 Å². The number of likely N-dealkylation sites (tertiary alicyclic amines) is 1. The Kier molecular flexibility index (Phi) is 4.22. The summed E-state index contributed by atoms with van der Waals surface area (Å²) >= 11 is 0. The van der Waals surface area contributed by atoms with Crippen molar-refractivity contribution in [2.24, 2.45) is 0 Å². The van der Waals surface area contributed by atoms with E-state index in [0.29, 0.717) is 0 Å². The van der Waals surface area contributed by atoms with Gasteiger partial charge in [0.05, 0.1) is 0 Å². The van der Waals surface area contributed by atoms with Crippen LogP contribution in [0.4, 0.5) is 0 Å². The molecule has 1 unspecified atom stereocenters. The van der Waals surface area contributed by atoms with Crippen LogP contribution in [-0.4, -0.2) is 73.1 Å². The lowest BCUT2D eigenvalue weighted by atomic mass is 10.00. The molecule has 0 amide bonds. The fourth-order valence-electron chi connectivity index (χ4n) is 3.26. The number of nitrogens with zero attached hydrogens (tertiary/aromatic N) is 3. The summed E-state index contributed by atoms with van der Waals surface area (Å²) in [4.78, 5) is 7.80. The van der Waals surface area contributed by atoms with E-state index in [1.807, 2.05) is 0 Å². The molecule has 2 saturated heterocycles. The summed E-state index contributed by atoms with van der Waals surface area (Å²) in [5, 5.41) is 0. The highest BCUT2D eigenvalue weighted by Crippen LogP contribution is 2.20. The Morgan fingerprint density at radius 3 is 2.31 bits per heavy atom. The average Bonchev–Trinajstić information content (AvgIpc) is 2.29. The molecule has 0 saturated carbocycles. The van der Waals surface area contributed by atoms with Crippen molar-refractivity contribution in [2.45, 2.75) is 38.8 Å². The first-order valence-electron chi connectivity index (χ1n) is 6.87. The molecule has 2 aliphatic heterocycles. The summed E-state index contributed by atoms with van der Waals surface area (Å²) in [6.45, 7) is 12.3. The van der Waals surface area contributed by atoms with Crippen LogP contribution in [0, 0.1) is 0 Å². The van der Waals surface area contributed by atoms with E-state index in [1.165, 1.54) is 52.1 Å². The van der Waals surface area contributed by atoms with Crippen molar-refractivity contribution in [3.63, 3.8) is 0 Å². The minimum atomic E-state index is 0.747. The fraction of sp³-hybridized carbons (Fsp3) is 1.00.